The van der Waals surface area contributed by atoms with E-state index in [1.807, 2.05) is 6.92 Å². The fourth-order valence-electron chi connectivity index (χ4n) is 3.76. The number of Topliss-reactive ketones (excluding diaryl/α,β-unsaturated/α-hetero) is 1. The van der Waals surface area contributed by atoms with Crippen molar-refractivity contribution in [3.8, 4) is 0 Å². The summed E-state index contributed by atoms with van der Waals surface area (Å²) < 4.78 is 10.9. The van der Waals surface area contributed by atoms with Crippen LogP contribution in [0.15, 0.2) is 11.6 Å². The summed E-state index contributed by atoms with van der Waals surface area (Å²) >= 11 is 0. The number of carbonyl (C=O) groups excluding carboxylic acids is 1. The molecule has 96 valence electrons. The Morgan fingerprint density at radius 1 is 1.41 bits per heavy atom. The molecule has 0 aliphatic heterocycles. The minimum absolute atomic E-state index is 0.00917. The molecule has 1 fully saturated rings. The van der Waals surface area contributed by atoms with Gasteiger partial charge in [0.05, 0.1) is 0 Å². The van der Waals surface area contributed by atoms with Crippen molar-refractivity contribution in [1.82, 2.24) is 0 Å². The highest BCUT2D eigenvalue weighted by atomic mass is 16.5. The van der Waals surface area contributed by atoms with Gasteiger partial charge < -0.3 is 9.47 Å². The third kappa shape index (κ3) is 1.59. The molecule has 0 N–H and O–H groups in total. The Bertz CT molecular complexity index is 360. The summed E-state index contributed by atoms with van der Waals surface area (Å²) in [6.07, 6.45) is 2.13. The first-order chi connectivity index (χ1) is 7.97. The van der Waals surface area contributed by atoms with Gasteiger partial charge in [-0.15, -0.1) is 0 Å². The topological polar surface area (TPSA) is 35.5 Å². The van der Waals surface area contributed by atoms with Gasteiger partial charge >= 0.3 is 0 Å². The highest BCUT2D eigenvalue weighted by molar-refractivity contribution is 5.94. The highest BCUT2D eigenvalue weighted by Gasteiger charge is 2.58. The number of hydrogen-bond donors (Lipinski definition) is 0. The number of ketones is 1. The van der Waals surface area contributed by atoms with Crippen molar-refractivity contribution in [2.75, 3.05) is 20.8 Å². The molecule has 3 aliphatic rings. The minimum Gasteiger partial charge on any atom is -0.384 e. The van der Waals surface area contributed by atoms with Gasteiger partial charge in [0.15, 0.2) is 5.78 Å². The molecule has 17 heavy (non-hydrogen) atoms. The van der Waals surface area contributed by atoms with E-state index in [4.69, 9.17) is 9.47 Å². The monoisotopic (exact) mass is 238 g/mol. The summed E-state index contributed by atoms with van der Waals surface area (Å²) in [5, 5.41) is 0. The van der Waals surface area contributed by atoms with E-state index < -0.39 is 5.60 Å². The number of rotatable bonds is 3. The van der Waals surface area contributed by atoms with E-state index in [0.29, 0.717) is 18.4 Å². The normalized spacial score (nSPS) is 45.0. The zero-order valence-corrected chi connectivity index (χ0v) is 11.3. The summed E-state index contributed by atoms with van der Waals surface area (Å²) in [5.41, 5.74) is 0.609. The van der Waals surface area contributed by atoms with Gasteiger partial charge in [-0.3, -0.25) is 4.79 Å². The van der Waals surface area contributed by atoms with E-state index >= 15 is 0 Å². The summed E-state index contributed by atoms with van der Waals surface area (Å²) in [5.74, 6) is 1.09. The van der Waals surface area contributed by atoms with Crippen molar-refractivity contribution in [3.63, 3.8) is 0 Å². The van der Waals surface area contributed by atoms with E-state index in [-0.39, 0.29) is 17.6 Å². The van der Waals surface area contributed by atoms with E-state index in [2.05, 4.69) is 19.9 Å². The fraction of sp³-hybridized carbons (Fsp3) is 0.786. The number of ether oxygens (including phenoxy) is 2. The zero-order valence-electron chi connectivity index (χ0n) is 11.3. The number of fused-ring (bicyclic) bond motifs is 2. The van der Waals surface area contributed by atoms with Crippen molar-refractivity contribution in [2.45, 2.75) is 26.4 Å². The molecule has 0 spiro atoms. The second-order valence-corrected chi connectivity index (χ2v) is 5.57. The third-order valence-corrected chi connectivity index (χ3v) is 4.77. The molecule has 0 amide bonds. The lowest BCUT2D eigenvalue weighted by Crippen LogP contribution is -2.61. The molecule has 3 aliphatic carbocycles. The molecule has 3 nitrogen and oxygen atoms in total. The van der Waals surface area contributed by atoms with Crippen LogP contribution in [0.5, 0.6) is 0 Å². The van der Waals surface area contributed by atoms with Crippen molar-refractivity contribution in [2.24, 2.45) is 23.7 Å². The van der Waals surface area contributed by atoms with Gasteiger partial charge in [-0.25, -0.2) is 0 Å². The van der Waals surface area contributed by atoms with Crippen LogP contribution in [0.2, 0.25) is 0 Å². The van der Waals surface area contributed by atoms with E-state index in [1.165, 1.54) is 5.57 Å². The molecule has 0 aromatic carbocycles. The van der Waals surface area contributed by atoms with Crippen molar-refractivity contribution < 1.29 is 14.3 Å². The summed E-state index contributed by atoms with van der Waals surface area (Å²) in [6.45, 7) is 6.88. The highest BCUT2D eigenvalue weighted by Crippen LogP contribution is 2.52. The minimum atomic E-state index is -0.667. The van der Waals surface area contributed by atoms with Crippen LogP contribution in [0.3, 0.4) is 0 Å². The molecule has 3 rings (SSSR count). The van der Waals surface area contributed by atoms with E-state index in [0.717, 1.165) is 0 Å². The molecule has 0 aromatic rings. The Kier molecular flexibility index (Phi) is 3.17. The second kappa shape index (κ2) is 4.21. The Labute approximate surface area is 103 Å². The fourth-order valence-corrected chi connectivity index (χ4v) is 3.76. The summed E-state index contributed by atoms with van der Waals surface area (Å²) in [7, 11) is 3.36. The maximum atomic E-state index is 12.4. The zero-order chi connectivity index (χ0) is 12.8. The second-order valence-electron chi connectivity index (χ2n) is 5.57. The van der Waals surface area contributed by atoms with Crippen LogP contribution in [-0.2, 0) is 14.3 Å². The van der Waals surface area contributed by atoms with Crippen LogP contribution in [0.1, 0.15) is 20.8 Å². The lowest BCUT2D eigenvalue weighted by Gasteiger charge is -2.53. The number of hydrogen-bond acceptors (Lipinski definition) is 3. The average molecular weight is 238 g/mol. The predicted molar refractivity (Wildman–Crippen MR) is 65.7 cm³/mol. The molecule has 3 heteroatoms. The molecule has 0 saturated heterocycles. The molecule has 2 bridgehead atoms. The van der Waals surface area contributed by atoms with Crippen LogP contribution < -0.4 is 0 Å². The van der Waals surface area contributed by atoms with E-state index in [1.54, 1.807) is 14.2 Å². The number of allylic oxidation sites excluding steroid dienone is 1. The lowest BCUT2D eigenvalue weighted by molar-refractivity contribution is -0.167. The van der Waals surface area contributed by atoms with Crippen molar-refractivity contribution in [3.05, 3.63) is 11.6 Å². The largest absolute Gasteiger partial charge is 0.384 e. The van der Waals surface area contributed by atoms with Crippen LogP contribution >= 0.6 is 0 Å². The average Bonchev–Trinajstić information content (AvgIpc) is 2.30. The molecule has 1 saturated carbocycles. The van der Waals surface area contributed by atoms with Gasteiger partial charge in [0, 0.05) is 32.7 Å². The van der Waals surface area contributed by atoms with Gasteiger partial charge in [0.2, 0.25) is 0 Å². The first-order valence-corrected chi connectivity index (χ1v) is 6.24. The van der Waals surface area contributed by atoms with Gasteiger partial charge in [-0.2, -0.15) is 0 Å². The molecule has 0 aromatic heterocycles. The number of carbonyl (C=O) groups is 1. The van der Waals surface area contributed by atoms with Crippen LogP contribution in [0.4, 0.5) is 0 Å². The summed E-state index contributed by atoms with van der Waals surface area (Å²) in [6, 6.07) is 0. The molecule has 5 atom stereocenters. The molecule has 0 heterocycles. The Morgan fingerprint density at radius 3 is 2.59 bits per heavy atom. The van der Waals surface area contributed by atoms with Crippen LogP contribution in [-0.4, -0.2) is 32.2 Å². The van der Waals surface area contributed by atoms with Crippen LogP contribution in [0.25, 0.3) is 0 Å². The van der Waals surface area contributed by atoms with E-state index in [9.17, 15) is 4.79 Å². The van der Waals surface area contributed by atoms with Gasteiger partial charge in [0.25, 0.3) is 0 Å². The van der Waals surface area contributed by atoms with Gasteiger partial charge in [-0.1, -0.05) is 18.6 Å². The summed E-state index contributed by atoms with van der Waals surface area (Å²) in [4.78, 5) is 12.4. The van der Waals surface area contributed by atoms with Gasteiger partial charge in [0.1, 0.15) is 5.60 Å². The standard InChI is InChI=1S/C14H22O3/c1-8-6-10-9(2)11(7-16-4)12(8)14(3,17-5)13(10)15/h6,9-12H,7H2,1-5H3/t9-,10+,11+,12-,14+/m0/s1. The first-order valence-electron chi connectivity index (χ1n) is 6.24. The van der Waals surface area contributed by atoms with Crippen molar-refractivity contribution in [1.29, 1.82) is 0 Å². The van der Waals surface area contributed by atoms with Crippen LogP contribution in [0, 0.1) is 23.7 Å². The SMILES string of the molecule is COC[C@@H]1[C@@H](C)[C@H]2C=C(C)[C@@H]1[C@@](C)(OC)C2=O. The number of methoxy groups -OCH3 is 2. The van der Waals surface area contributed by atoms with Gasteiger partial charge in [-0.05, 0) is 25.7 Å². The molecule has 0 radical (unpaired) electrons. The van der Waals surface area contributed by atoms with Crippen molar-refractivity contribution >= 4 is 5.78 Å². The molecular weight excluding hydrogens is 216 g/mol. The lowest BCUT2D eigenvalue weighted by atomic mass is 9.54. The molecular formula is C14H22O3. The Hall–Kier alpha value is -0.670. The quantitative estimate of drug-likeness (QED) is 0.706. The maximum absolute atomic E-state index is 12.4. The third-order valence-electron chi connectivity index (χ3n) is 4.77. The Balaban J connectivity index is 2.45. The smallest absolute Gasteiger partial charge is 0.172 e. The first kappa shape index (κ1) is 12.8. The maximum Gasteiger partial charge on any atom is 0.172 e. The predicted octanol–water partition coefficient (Wildman–Crippen LogP) is 2.07. The Morgan fingerprint density at radius 2 is 2.06 bits per heavy atom. The molecule has 0 unspecified atom stereocenters.